The van der Waals surface area contributed by atoms with E-state index >= 15 is 0 Å². The van der Waals surface area contributed by atoms with E-state index in [-0.39, 0.29) is 30.7 Å². The quantitative estimate of drug-likeness (QED) is 0.672. The third-order valence-corrected chi connectivity index (χ3v) is 2.63. The number of carboxylic acid groups (broad SMARTS) is 1. The Morgan fingerprint density at radius 2 is 1.90 bits per heavy atom. The molecule has 0 saturated carbocycles. The van der Waals surface area contributed by atoms with Crippen molar-refractivity contribution in [3.05, 3.63) is 47.8 Å². The number of halogens is 2. The van der Waals surface area contributed by atoms with Crippen LogP contribution < -0.4 is 5.73 Å². The van der Waals surface area contributed by atoms with E-state index in [1.165, 1.54) is 18.2 Å². The molecule has 0 aliphatic carbocycles. The molecule has 0 heterocycles. The van der Waals surface area contributed by atoms with Crippen molar-refractivity contribution < 1.29 is 19.4 Å². The molecule has 1 aromatic rings. The fraction of sp³-hybridized carbons (Fsp3) is 0.357. The number of rotatable bonds is 7. The van der Waals surface area contributed by atoms with Crippen LogP contribution in [-0.4, -0.2) is 28.3 Å². The SMILES string of the molecule is Cl.N[C@@H](/C=C/[C@@H](O)Cc1ccc(F)cc1)CCC(=O)O. The average Bonchev–Trinajstić information content (AvgIpc) is 2.36. The Balaban J connectivity index is 0.00000361. The Labute approximate surface area is 123 Å². The van der Waals surface area contributed by atoms with Crippen molar-refractivity contribution in [2.75, 3.05) is 0 Å². The number of aliphatic hydroxyl groups is 1. The number of nitrogens with two attached hydrogens (primary N) is 1. The maximum absolute atomic E-state index is 12.7. The molecule has 1 aromatic carbocycles. The lowest BCUT2D eigenvalue weighted by atomic mass is 10.1. The van der Waals surface area contributed by atoms with Crippen molar-refractivity contribution in [1.82, 2.24) is 0 Å². The number of carbonyl (C=O) groups is 1. The Kier molecular flexibility index (Phi) is 8.79. The molecule has 0 aliphatic heterocycles. The van der Waals surface area contributed by atoms with E-state index in [2.05, 4.69) is 0 Å². The second kappa shape index (κ2) is 9.47. The van der Waals surface area contributed by atoms with Gasteiger partial charge in [-0.05, 0) is 24.1 Å². The number of hydrogen-bond acceptors (Lipinski definition) is 3. The summed E-state index contributed by atoms with van der Waals surface area (Å²) in [5.74, 6) is -1.21. The lowest BCUT2D eigenvalue weighted by Gasteiger charge is -2.08. The summed E-state index contributed by atoms with van der Waals surface area (Å²) in [5, 5.41) is 18.2. The van der Waals surface area contributed by atoms with Gasteiger partial charge in [0.25, 0.3) is 0 Å². The highest BCUT2D eigenvalue weighted by Gasteiger charge is 2.05. The minimum absolute atomic E-state index is 0. The number of aliphatic carboxylic acids is 1. The van der Waals surface area contributed by atoms with Gasteiger partial charge in [0.2, 0.25) is 0 Å². The summed E-state index contributed by atoms with van der Waals surface area (Å²) < 4.78 is 12.7. The number of carboxylic acids is 1. The summed E-state index contributed by atoms with van der Waals surface area (Å²) in [6.07, 6.45) is 3.10. The van der Waals surface area contributed by atoms with E-state index in [9.17, 15) is 14.3 Å². The molecule has 1 rings (SSSR count). The third kappa shape index (κ3) is 7.89. The second-order valence-electron chi connectivity index (χ2n) is 4.38. The van der Waals surface area contributed by atoms with Crippen LogP contribution in [0.4, 0.5) is 4.39 Å². The van der Waals surface area contributed by atoms with Crippen molar-refractivity contribution in [1.29, 1.82) is 0 Å². The maximum atomic E-state index is 12.7. The van der Waals surface area contributed by atoms with Gasteiger partial charge in [0.15, 0.2) is 0 Å². The fourth-order valence-electron chi connectivity index (χ4n) is 1.59. The highest BCUT2D eigenvalue weighted by molar-refractivity contribution is 5.85. The first-order valence-corrected chi connectivity index (χ1v) is 6.05. The molecule has 4 nitrogen and oxygen atoms in total. The van der Waals surface area contributed by atoms with Gasteiger partial charge in [0, 0.05) is 18.9 Å². The first-order valence-electron chi connectivity index (χ1n) is 6.05. The minimum atomic E-state index is -0.893. The smallest absolute Gasteiger partial charge is 0.303 e. The molecule has 0 amide bonds. The molecule has 2 atom stereocenters. The predicted octanol–water partition coefficient (Wildman–Crippen LogP) is 1.90. The molecule has 6 heteroatoms. The normalized spacial score (nSPS) is 13.8. The molecule has 0 radical (unpaired) electrons. The number of hydrogen-bond donors (Lipinski definition) is 3. The van der Waals surface area contributed by atoms with Gasteiger partial charge in [-0.2, -0.15) is 0 Å². The van der Waals surface area contributed by atoms with E-state index in [0.29, 0.717) is 12.8 Å². The van der Waals surface area contributed by atoms with Crippen molar-refractivity contribution >= 4 is 18.4 Å². The van der Waals surface area contributed by atoms with Crippen LogP contribution in [0.15, 0.2) is 36.4 Å². The monoisotopic (exact) mass is 303 g/mol. The van der Waals surface area contributed by atoms with Gasteiger partial charge in [0.05, 0.1) is 6.10 Å². The molecule has 20 heavy (non-hydrogen) atoms. The highest BCUT2D eigenvalue weighted by Crippen LogP contribution is 2.07. The molecular formula is C14H19ClFNO3. The van der Waals surface area contributed by atoms with Gasteiger partial charge in [0.1, 0.15) is 5.82 Å². The van der Waals surface area contributed by atoms with Crippen LogP contribution in [0.3, 0.4) is 0 Å². The van der Waals surface area contributed by atoms with Crippen molar-refractivity contribution in [3.8, 4) is 0 Å². The summed E-state index contributed by atoms with van der Waals surface area (Å²) in [6.45, 7) is 0. The Hall–Kier alpha value is -1.43. The van der Waals surface area contributed by atoms with Crippen LogP contribution in [0.2, 0.25) is 0 Å². The van der Waals surface area contributed by atoms with E-state index in [1.54, 1.807) is 18.2 Å². The molecular weight excluding hydrogens is 285 g/mol. The lowest BCUT2D eigenvalue weighted by molar-refractivity contribution is -0.137. The van der Waals surface area contributed by atoms with E-state index in [0.717, 1.165) is 5.56 Å². The van der Waals surface area contributed by atoms with Crippen molar-refractivity contribution in [2.45, 2.75) is 31.4 Å². The molecule has 0 unspecified atom stereocenters. The third-order valence-electron chi connectivity index (χ3n) is 2.63. The minimum Gasteiger partial charge on any atom is -0.481 e. The van der Waals surface area contributed by atoms with Crippen LogP contribution in [0.25, 0.3) is 0 Å². The molecule has 0 fully saturated rings. The summed E-state index contributed by atoms with van der Waals surface area (Å²) in [7, 11) is 0. The molecule has 0 aromatic heterocycles. The second-order valence-corrected chi connectivity index (χ2v) is 4.38. The number of benzene rings is 1. The van der Waals surface area contributed by atoms with Crippen molar-refractivity contribution in [3.63, 3.8) is 0 Å². The van der Waals surface area contributed by atoms with Gasteiger partial charge in [-0.15, -0.1) is 12.4 Å². The summed E-state index contributed by atoms with van der Waals surface area (Å²) in [6, 6.07) is 5.50. The fourth-order valence-corrected chi connectivity index (χ4v) is 1.59. The number of aliphatic hydroxyl groups excluding tert-OH is 1. The zero-order valence-electron chi connectivity index (χ0n) is 10.9. The largest absolute Gasteiger partial charge is 0.481 e. The van der Waals surface area contributed by atoms with Gasteiger partial charge < -0.3 is 15.9 Å². The van der Waals surface area contributed by atoms with Crippen LogP contribution in [0.5, 0.6) is 0 Å². The van der Waals surface area contributed by atoms with Crippen LogP contribution in [0, 0.1) is 5.82 Å². The lowest BCUT2D eigenvalue weighted by Crippen LogP contribution is -2.19. The van der Waals surface area contributed by atoms with Crippen molar-refractivity contribution in [2.24, 2.45) is 5.73 Å². The zero-order chi connectivity index (χ0) is 14.3. The van der Waals surface area contributed by atoms with E-state index in [1.807, 2.05) is 0 Å². The molecule has 0 aliphatic rings. The van der Waals surface area contributed by atoms with E-state index in [4.69, 9.17) is 10.8 Å². The maximum Gasteiger partial charge on any atom is 0.303 e. The first-order chi connectivity index (χ1) is 8.97. The average molecular weight is 304 g/mol. The van der Waals surface area contributed by atoms with Crippen LogP contribution in [0.1, 0.15) is 18.4 Å². The van der Waals surface area contributed by atoms with Gasteiger partial charge >= 0.3 is 5.97 Å². The van der Waals surface area contributed by atoms with Gasteiger partial charge in [-0.25, -0.2) is 4.39 Å². The van der Waals surface area contributed by atoms with Gasteiger partial charge in [-0.3, -0.25) is 4.79 Å². The Bertz CT molecular complexity index is 437. The highest BCUT2D eigenvalue weighted by atomic mass is 35.5. The predicted molar refractivity (Wildman–Crippen MR) is 77.3 cm³/mol. The standard InChI is InChI=1S/C14H18FNO3.ClH/c15-11-3-1-10(2-4-11)9-13(17)7-5-12(16)6-8-14(18)19;/h1-5,7,12-13,17H,6,8-9,16H2,(H,18,19);1H/b7-5+;/t12-,13+;/m0./s1. The van der Waals surface area contributed by atoms with E-state index < -0.39 is 12.1 Å². The molecule has 0 bridgehead atoms. The molecule has 4 N–H and O–H groups in total. The first kappa shape index (κ1) is 18.6. The summed E-state index contributed by atoms with van der Waals surface area (Å²) in [4.78, 5) is 10.4. The molecule has 0 saturated heterocycles. The molecule has 0 spiro atoms. The van der Waals surface area contributed by atoms with Crippen LogP contribution >= 0.6 is 12.4 Å². The topological polar surface area (TPSA) is 83.5 Å². The summed E-state index contributed by atoms with van der Waals surface area (Å²) >= 11 is 0. The zero-order valence-corrected chi connectivity index (χ0v) is 11.7. The molecule has 112 valence electrons. The summed E-state index contributed by atoms with van der Waals surface area (Å²) in [5.41, 5.74) is 6.49. The van der Waals surface area contributed by atoms with Gasteiger partial charge in [-0.1, -0.05) is 24.3 Å². The Morgan fingerprint density at radius 3 is 2.45 bits per heavy atom. The Morgan fingerprint density at radius 1 is 1.30 bits per heavy atom. The van der Waals surface area contributed by atoms with Crippen LogP contribution in [-0.2, 0) is 11.2 Å².